The number of amides is 3. The molecule has 12 atom stereocenters. The van der Waals surface area contributed by atoms with Crippen molar-refractivity contribution in [3.8, 4) is 0 Å². The zero-order chi connectivity index (χ0) is 77.7. The topological polar surface area (TPSA) is 220 Å². The molecule has 16 nitrogen and oxygen atoms in total. The first-order chi connectivity index (χ1) is 50.4. The maximum absolute atomic E-state index is 14.5. The van der Waals surface area contributed by atoms with Crippen molar-refractivity contribution >= 4 is 49.7 Å². The van der Waals surface area contributed by atoms with Gasteiger partial charge >= 0.3 is 26.2 Å². The van der Waals surface area contributed by atoms with Crippen LogP contribution in [0, 0.1) is 58.2 Å². The third kappa shape index (κ3) is 18.8. The van der Waals surface area contributed by atoms with Crippen LogP contribution >= 0.6 is 0 Å². The van der Waals surface area contributed by atoms with E-state index in [0.29, 0.717) is 35.5 Å². The van der Waals surface area contributed by atoms with Gasteiger partial charge in [-0.25, -0.2) is 0 Å². The van der Waals surface area contributed by atoms with Crippen LogP contribution in [0.3, 0.4) is 0 Å². The van der Waals surface area contributed by atoms with E-state index in [-0.39, 0.29) is 92.9 Å². The Kier molecular flexibility index (Phi) is 26.7. The molecule has 4 bridgehead atoms. The van der Waals surface area contributed by atoms with Gasteiger partial charge < -0.3 is 49.8 Å². The van der Waals surface area contributed by atoms with Gasteiger partial charge in [0.15, 0.2) is 0 Å². The second-order valence-electron chi connectivity index (χ2n) is 35.5. The van der Waals surface area contributed by atoms with Crippen molar-refractivity contribution in [1.29, 1.82) is 0 Å². The van der Waals surface area contributed by atoms with Gasteiger partial charge in [-0.15, -0.1) is 0 Å². The number of hydrogen-bond acceptors (Lipinski definition) is 13. The molecule has 6 aromatic rings. The summed E-state index contributed by atoms with van der Waals surface area (Å²) in [5.41, 5.74) is 8.09. The van der Waals surface area contributed by atoms with Gasteiger partial charge in [0, 0.05) is 24.7 Å². The Labute approximate surface area is 645 Å². The van der Waals surface area contributed by atoms with E-state index in [0.717, 1.165) is 65.0 Å². The lowest BCUT2D eigenvalue weighted by Crippen LogP contribution is -2.65. The third-order valence-electron chi connectivity index (χ3n) is 23.8. The summed E-state index contributed by atoms with van der Waals surface area (Å²) in [5, 5.41) is 9.83. The molecule has 2 aliphatic heterocycles. The number of carbonyl (C=O) groups excluding carboxylic acids is 6. The number of benzene rings is 6. The van der Waals surface area contributed by atoms with E-state index in [4.69, 9.17) is 33.8 Å². The van der Waals surface area contributed by atoms with Crippen LogP contribution in [0.4, 0.5) is 0 Å². The lowest BCUT2D eigenvalue weighted by molar-refractivity contribution is -0.199. The van der Waals surface area contributed by atoms with E-state index >= 15 is 0 Å². The molecule has 14 rings (SSSR count). The van der Waals surface area contributed by atoms with Gasteiger partial charge in [0.05, 0.1) is 48.1 Å². The Balaban J connectivity index is 0.000000208. The van der Waals surface area contributed by atoms with Crippen LogP contribution in [-0.4, -0.2) is 96.2 Å². The van der Waals surface area contributed by atoms with Gasteiger partial charge in [0.25, 0.3) is 0 Å². The molecular formula is C90H122B2N4O12. The zero-order valence-electron chi connectivity index (χ0n) is 66.5. The fourth-order valence-corrected chi connectivity index (χ4v) is 18.2. The summed E-state index contributed by atoms with van der Waals surface area (Å²) >= 11 is 0. The van der Waals surface area contributed by atoms with Crippen LogP contribution in [0.5, 0.6) is 0 Å². The predicted octanol–water partition coefficient (Wildman–Crippen LogP) is 16.3. The lowest BCUT2D eigenvalue weighted by atomic mass is 9.43. The fourth-order valence-electron chi connectivity index (χ4n) is 18.2. The van der Waals surface area contributed by atoms with E-state index in [9.17, 15) is 28.8 Å². The highest BCUT2D eigenvalue weighted by Gasteiger charge is 2.70. The summed E-state index contributed by atoms with van der Waals surface area (Å²) in [7, 11) is -0.836. The second kappa shape index (κ2) is 34.3. The summed E-state index contributed by atoms with van der Waals surface area (Å²) in [6.45, 7) is 34.5. The Morgan fingerprint density at radius 3 is 1.07 bits per heavy atom. The monoisotopic (exact) mass is 1470 g/mol. The maximum atomic E-state index is 14.5. The molecule has 2 heterocycles. The van der Waals surface area contributed by atoms with Crippen molar-refractivity contribution in [2.24, 2.45) is 63.9 Å². The number of rotatable bonds is 25. The van der Waals surface area contributed by atoms with Crippen molar-refractivity contribution < 1.29 is 56.9 Å². The van der Waals surface area contributed by atoms with Gasteiger partial charge in [0.1, 0.15) is 28.1 Å². The first kappa shape index (κ1) is 84.3. The average molecular weight is 1470 g/mol. The summed E-state index contributed by atoms with van der Waals surface area (Å²) in [6.07, 6.45) is 5.54. The van der Waals surface area contributed by atoms with Gasteiger partial charge in [-0.1, -0.05) is 245 Å². The van der Waals surface area contributed by atoms with Gasteiger partial charge in [0.2, 0.25) is 17.7 Å². The highest BCUT2D eigenvalue weighted by Crippen LogP contribution is 2.67. The molecule has 0 spiro atoms. The summed E-state index contributed by atoms with van der Waals surface area (Å²) < 4.78 is 37.1. The molecule has 18 heteroatoms. The number of nitrogens with two attached hydrogens (primary N) is 1. The molecule has 6 aliphatic carbocycles. The minimum atomic E-state index is -1.07. The number of hydrogen-bond donors (Lipinski definition) is 4. The largest absolute Gasteiger partial charge is 0.481 e. The summed E-state index contributed by atoms with van der Waals surface area (Å²) in [6, 6.07) is 58.7. The highest BCUT2D eigenvalue weighted by atomic mass is 16.7. The molecule has 0 unspecified atom stereocenters. The predicted molar refractivity (Wildman–Crippen MR) is 428 cm³/mol. The molecule has 5 N–H and O–H groups in total. The van der Waals surface area contributed by atoms with E-state index in [1.165, 1.54) is 13.3 Å². The standard InChI is InChI=1S/C44H57BN2O6.C30H33NO4.C15H28BNO2.CH4/c1-29(2)24-37(45-52-36-28-34-27-35(42(34,6)7)43(36,8)53-45)46-40(50)30(26-39(49)51-41(3,4)5)25-38(48)47-44(31-18-12-9-13-19-31,32-20-14-10-15-21-32)33-22-16-11-17-23-33;1-22(32)23(21-28(34)35-29(2,3)4)20-27(33)31-30(24-14-8-5-9-15-24,25-16-10-6-11-17-25)26-18-12-7-13-19-26;1-9(2)6-13(17)16-18-12-8-10-7-11(14(10,3)4)15(12,5)19-16;/h9-23,29-30,34-37H,24-28H2,1-8H3,(H,46,50)(H,47,48);5-19,23H,20-21H2,1-4H3,(H,31,33);9-13H,6-8,17H2,1-5H3;1H4/t30-,34+,35+,36-,37+,43+;23-;10-,11-,12+,13-,15-;/m110./s1. The molecule has 6 saturated carbocycles. The third-order valence-corrected chi connectivity index (χ3v) is 23.8. The van der Waals surface area contributed by atoms with E-state index in [1.54, 1.807) is 41.5 Å². The Hall–Kier alpha value is -7.73. The minimum Gasteiger partial charge on any atom is -0.460 e. The van der Waals surface area contributed by atoms with Crippen LogP contribution in [0.15, 0.2) is 182 Å². The molecule has 580 valence electrons. The van der Waals surface area contributed by atoms with Crippen LogP contribution in [-0.2, 0) is 67.9 Å². The molecule has 8 fully saturated rings. The molecule has 108 heavy (non-hydrogen) atoms. The Morgan fingerprint density at radius 2 is 0.769 bits per heavy atom. The average Bonchev–Trinajstić information content (AvgIpc) is 1.43. The van der Waals surface area contributed by atoms with Crippen molar-refractivity contribution in [3.05, 3.63) is 215 Å². The Morgan fingerprint density at radius 1 is 0.463 bits per heavy atom. The summed E-state index contributed by atoms with van der Waals surface area (Å²) in [5.74, 6) is -1.40. The van der Waals surface area contributed by atoms with Crippen LogP contribution in [0.25, 0.3) is 0 Å². The number of nitrogens with one attached hydrogen (secondary N) is 3. The van der Waals surface area contributed by atoms with E-state index in [1.807, 2.05) is 182 Å². The van der Waals surface area contributed by atoms with E-state index in [2.05, 4.69) is 85.2 Å². The van der Waals surface area contributed by atoms with Crippen molar-refractivity contribution in [3.63, 3.8) is 0 Å². The second-order valence-corrected chi connectivity index (χ2v) is 35.5. The lowest BCUT2D eigenvalue weighted by Gasteiger charge is -2.64. The van der Waals surface area contributed by atoms with Crippen LogP contribution in [0.1, 0.15) is 223 Å². The molecule has 6 aromatic carbocycles. The number of ether oxygens (including phenoxy) is 2. The number of ketones is 1. The maximum Gasteiger partial charge on any atom is 0.481 e. The zero-order valence-corrected chi connectivity index (χ0v) is 66.5. The SMILES string of the molecule is C.CC(=O)[C@H](CC(=O)NC(c1ccccc1)(c1ccccc1)c1ccccc1)CC(=O)OC(C)(C)C.CC(C)C[C@H](N)B1O[C@@H]2C[C@@H]3C[C@@H](C3(C)C)[C@]2(C)O1.CC(C)C[C@H](NC(=O)[C@H](CC(=O)NC(c1ccccc1)(c1ccccc1)c1ccccc1)CC(=O)OC(C)(C)C)B1O[C@@H]2C[C@@H]3C[C@@H](C3(C)C)[C@]2(C)O1. The first-order valence-electron chi connectivity index (χ1n) is 39.0. The summed E-state index contributed by atoms with van der Waals surface area (Å²) in [4.78, 5) is 80.6. The quantitative estimate of drug-likeness (QED) is 0.0238. The minimum absolute atomic E-state index is 0. The molecule has 0 radical (unpaired) electrons. The van der Waals surface area contributed by atoms with Gasteiger partial charge in [-0.2, -0.15) is 0 Å². The molecular weight excluding hydrogens is 1350 g/mol. The van der Waals surface area contributed by atoms with E-state index < -0.39 is 70.6 Å². The van der Waals surface area contributed by atoms with Crippen molar-refractivity contribution in [2.45, 2.75) is 247 Å². The Bertz CT molecular complexity index is 3790. The molecule has 0 aromatic heterocycles. The van der Waals surface area contributed by atoms with Gasteiger partial charge in [-0.3, -0.25) is 28.8 Å². The van der Waals surface area contributed by atoms with Crippen molar-refractivity contribution in [1.82, 2.24) is 16.0 Å². The van der Waals surface area contributed by atoms with Crippen LogP contribution < -0.4 is 21.7 Å². The fraction of sp³-hybridized carbons (Fsp3) is 0.533. The molecule has 3 amide bonds. The number of Topliss-reactive ketones (excluding diaryl/α,β-unsaturated/α-hetero) is 1. The van der Waals surface area contributed by atoms with Gasteiger partial charge in [-0.05, 0) is 181 Å². The first-order valence-corrected chi connectivity index (χ1v) is 39.0. The number of carbonyl (C=O) groups is 6. The smallest absolute Gasteiger partial charge is 0.460 e. The normalized spacial score (nSPS) is 23.9. The van der Waals surface area contributed by atoms with Crippen molar-refractivity contribution in [2.75, 3.05) is 0 Å². The highest BCUT2D eigenvalue weighted by molar-refractivity contribution is 6.48. The number of esters is 2. The molecule has 8 aliphatic rings. The molecule has 2 saturated heterocycles. The van der Waals surface area contributed by atoms with Crippen LogP contribution in [0.2, 0.25) is 0 Å².